The summed E-state index contributed by atoms with van der Waals surface area (Å²) in [7, 11) is 1.86. The fourth-order valence-corrected chi connectivity index (χ4v) is 4.53. The van der Waals surface area contributed by atoms with Crippen LogP contribution in [0.25, 0.3) is 5.69 Å². The Morgan fingerprint density at radius 2 is 1.90 bits per heavy atom. The van der Waals surface area contributed by atoms with Crippen molar-refractivity contribution >= 4 is 23.2 Å². The van der Waals surface area contributed by atoms with Crippen LogP contribution in [-0.4, -0.2) is 56.5 Å². The molecule has 2 aromatic heterocycles. The van der Waals surface area contributed by atoms with Gasteiger partial charge in [0.05, 0.1) is 16.6 Å². The normalized spacial score (nSPS) is 15.7. The molecule has 1 aromatic carbocycles. The van der Waals surface area contributed by atoms with E-state index in [1.807, 2.05) is 65.5 Å². The van der Waals surface area contributed by atoms with Gasteiger partial charge in [-0.2, -0.15) is 5.10 Å². The number of carbonyl (C=O) groups is 2. The number of nitrogens with zero attached hydrogens (tertiary/aromatic N) is 5. The Kier molecular flexibility index (Phi) is 5.94. The number of aromatic nitrogens is 3. The molecule has 1 aliphatic rings. The van der Waals surface area contributed by atoms with Crippen LogP contribution >= 0.6 is 11.3 Å². The predicted octanol–water partition coefficient (Wildman–Crippen LogP) is 3.40. The van der Waals surface area contributed by atoms with Gasteiger partial charge in [0.1, 0.15) is 12.7 Å². The molecule has 0 bridgehead atoms. The molecule has 156 valence electrons. The minimum absolute atomic E-state index is 0.0342. The van der Waals surface area contributed by atoms with Crippen LogP contribution < -0.4 is 0 Å². The van der Waals surface area contributed by atoms with Crippen molar-refractivity contribution in [1.29, 1.82) is 0 Å². The molecular formula is C22H25N5O2S. The van der Waals surface area contributed by atoms with E-state index in [9.17, 15) is 9.59 Å². The van der Waals surface area contributed by atoms with Crippen LogP contribution in [-0.2, 0) is 4.79 Å². The molecule has 0 unspecified atom stereocenters. The maximum Gasteiger partial charge on any atom is 0.263 e. The zero-order valence-electron chi connectivity index (χ0n) is 17.1. The minimum Gasteiger partial charge on any atom is -0.339 e. The molecule has 3 heterocycles. The molecule has 1 aliphatic heterocycles. The Hall–Kier alpha value is -3.00. The highest BCUT2D eigenvalue weighted by Gasteiger charge is 2.31. The third kappa shape index (κ3) is 4.14. The zero-order valence-corrected chi connectivity index (χ0v) is 18.0. The van der Waals surface area contributed by atoms with E-state index in [2.05, 4.69) is 10.1 Å². The summed E-state index contributed by atoms with van der Waals surface area (Å²) >= 11 is 1.46. The van der Waals surface area contributed by atoms with Crippen LogP contribution in [0.2, 0.25) is 0 Å². The molecule has 0 aliphatic carbocycles. The largest absolute Gasteiger partial charge is 0.339 e. The van der Waals surface area contributed by atoms with Crippen molar-refractivity contribution in [2.45, 2.75) is 25.8 Å². The number of amides is 2. The van der Waals surface area contributed by atoms with Gasteiger partial charge in [-0.1, -0.05) is 18.2 Å². The quantitative estimate of drug-likeness (QED) is 0.631. The number of rotatable bonds is 5. The Bertz CT molecular complexity index is 977. The Morgan fingerprint density at radius 1 is 1.17 bits per heavy atom. The van der Waals surface area contributed by atoms with Crippen LogP contribution in [0.3, 0.4) is 0 Å². The third-order valence-corrected chi connectivity index (χ3v) is 6.71. The van der Waals surface area contributed by atoms with Crippen molar-refractivity contribution < 1.29 is 9.59 Å². The standard InChI is InChI=1S/C22H25N5O2S/c1-16(17-5-7-19(8-6-17)27-15-23-14-24-27)25(2)21(28)18-9-11-26(12-10-18)22(29)20-4-3-13-30-20/h3-8,13-16,18H,9-12H2,1-2H3/t16-/m1/s1. The van der Waals surface area contributed by atoms with Gasteiger partial charge in [-0.25, -0.2) is 9.67 Å². The fourth-order valence-electron chi connectivity index (χ4n) is 3.84. The third-order valence-electron chi connectivity index (χ3n) is 5.85. The number of benzene rings is 1. The molecule has 8 heteroatoms. The molecular weight excluding hydrogens is 398 g/mol. The Labute approximate surface area is 179 Å². The van der Waals surface area contributed by atoms with Crippen molar-refractivity contribution in [3.05, 3.63) is 64.9 Å². The smallest absolute Gasteiger partial charge is 0.263 e. The maximum absolute atomic E-state index is 13.1. The molecule has 1 saturated heterocycles. The van der Waals surface area contributed by atoms with Crippen molar-refractivity contribution in [2.75, 3.05) is 20.1 Å². The first-order chi connectivity index (χ1) is 14.5. The Balaban J connectivity index is 1.35. The van der Waals surface area contributed by atoms with Gasteiger partial charge in [-0.15, -0.1) is 11.3 Å². The van der Waals surface area contributed by atoms with Crippen molar-refractivity contribution in [3.8, 4) is 5.69 Å². The van der Waals surface area contributed by atoms with E-state index in [0.29, 0.717) is 25.9 Å². The second-order valence-electron chi connectivity index (χ2n) is 7.60. The van der Waals surface area contributed by atoms with E-state index in [1.54, 1.807) is 11.0 Å². The van der Waals surface area contributed by atoms with Gasteiger partial charge in [0.15, 0.2) is 0 Å². The van der Waals surface area contributed by atoms with Crippen molar-refractivity contribution in [1.82, 2.24) is 24.6 Å². The topological polar surface area (TPSA) is 71.3 Å². The van der Waals surface area contributed by atoms with Crippen molar-refractivity contribution in [2.24, 2.45) is 5.92 Å². The van der Waals surface area contributed by atoms with Gasteiger partial charge in [-0.05, 0) is 48.9 Å². The molecule has 30 heavy (non-hydrogen) atoms. The fraction of sp³-hybridized carbons (Fsp3) is 0.364. The average Bonchev–Trinajstić information content (AvgIpc) is 3.52. The highest BCUT2D eigenvalue weighted by atomic mass is 32.1. The van der Waals surface area contributed by atoms with E-state index in [4.69, 9.17) is 0 Å². The summed E-state index contributed by atoms with van der Waals surface area (Å²) in [6, 6.07) is 11.7. The van der Waals surface area contributed by atoms with Gasteiger partial charge in [0, 0.05) is 26.1 Å². The zero-order chi connectivity index (χ0) is 21.1. The second kappa shape index (κ2) is 8.79. The van der Waals surface area contributed by atoms with Gasteiger partial charge >= 0.3 is 0 Å². The molecule has 3 aromatic rings. The van der Waals surface area contributed by atoms with Gasteiger partial charge in [0.25, 0.3) is 5.91 Å². The van der Waals surface area contributed by atoms with E-state index in [1.165, 1.54) is 17.7 Å². The molecule has 4 rings (SSSR count). The number of carbonyl (C=O) groups excluding carboxylic acids is 2. The molecule has 1 fully saturated rings. The van der Waals surface area contributed by atoms with Crippen LogP contribution in [0, 0.1) is 5.92 Å². The first-order valence-electron chi connectivity index (χ1n) is 10.1. The monoisotopic (exact) mass is 423 g/mol. The Morgan fingerprint density at radius 3 is 2.50 bits per heavy atom. The molecule has 1 atom stereocenters. The van der Waals surface area contributed by atoms with Gasteiger partial charge < -0.3 is 9.80 Å². The average molecular weight is 424 g/mol. The summed E-state index contributed by atoms with van der Waals surface area (Å²) in [4.78, 5) is 34.0. The number of likely N-dealkylation sites (tertiary alicyclic amines) is 1. The molecule has 7 nitrogen and oxygen atoms in total. The molecule has 2 amide bonds. The summed E-state index contributed by atoms with van der Waals surface area (Å²) < 4.78 is 1.70. The summed E-state index contributed by atoms with van der Waals surface area (Å²) in [6.07, 6.45) is 4.57. The molecule has 0 spiro atoms. The van der Waals surface area contributed by atoms with Crippen LogP contribution in [0.5, 0.6) is 0 Å². The van der Waals surface area contributed by atoms with E-state index in [-0.39, 0.29) is 23.8 Å². The predicted molar refractivity (Wildman–Crippen MR) is 115 cm³/mol. The SMILES string of the molecule is C[C@H](c1ccc(-n2cncn2)cc1)N(C)C(=O)C1CCN(C(=O)c2cccs2)CC1. The summed E-state index contributed by atoms with van der Waals surface area (Å²) in [5.41, 5.74) is 2.00. The van der Waals surface area contributed by atoms with Crippen LogP contribution in [0.1, 0.15) is 41.0 Å². The lowest BCUT2D eigenvalue weighted by atomic mass is 9.94. The summed E-state index contributed by atoms with van der Waals surface area (Å²) in [5.74, 6) is 0.176. The lowest BCUT2D eigenvalue weighted by Crippen LogP contribution is -2.43. The first kappa shape index (κ1) is 20.3. The molecule has 0 radical (unpaired) electrons. The number of thiophene rings is 1. The van der Waals surface area contributed by atoms with Crippen LogP contribution in [0.15, 0.2) is 54.4 Å². The summed E-state index contributed by atoms with van der Waals surface area (Å²) in [5, 5.41) is 6.05. The van der Waals surface area contributed by atoms with E-state index < -0.39 is 0 Å². The number of hydrogen-bond acceptors (Lipinski definition) is 5. The lowest BCUT2D eigenvalue weighted by molar-refractivity contribution is -0.137. The highest BCUT2D eigenvalue weighted by molar-refractivity contribution is 7.12. The lowest BCUT2D eigenvalue weighted by Gasteiger charge is -2.35. The molecule has 0 saturated carbocycles. The number of piperidine rings is 1. The highest BCUT2D eigenvalue weighted by Crippen LogP contribution is 2.26. The van der Waals surface area contributed by atoms with Crippen LogP contribution in [0.4, 0.5) is 0 Å². The van der Waals surface area contributed by atoms with Crippen molar-refractivity contribution in [3.63, 3.8) is 0 Å². The minimum atomic E-state index is -0.0424. The van der Waals surface area contributed by atoms with E-state index in [0.717, 1.165) is 16.1 Å². The first-order valence-corrected chi connectivity index (χ1v) is 11.0. The maximum atomic E-state index is 13.1. The summed E-state index contributed by atoms with van der Waals surface area (Å²) in [6.45, 7) is 3.29. The second-order valence-corrected chi connectivity index (χ2v) is 8.55. The van der Waals surface area contributed by atoms with E-state index >= 15 is 0 Å². The van der Waals surface area contributed by atoms with Gasteiger partial charge in [0.2, 0.25) is 5.91 Å². The molecule has 0 N–H and O–H groups in total. The van der Waals surface area contributed by atoms with Gasteiger partial charge in [-0.3, -0.25) is 9.59 Å². The number of hydrogen-bond donors (Lipinski definition) is 0.